The minimum Gasteiger partial charge on any atom is -0.342 e. The number of rotatable bonds is 7. The first-order chi connectivity index (χ1) is 13.6. The Morgan fingerprint density at radius 3 is 2.29 bits per heavy atom. The molecule has 1 aliphatic rings. The van der Waals surface area contributed by atoms with Crippen molar-refractivity contribution in [3.05, 3.63) is 71.8 Å². The van der Waals surface area contributed by atoms with E-state index in [9.17, 15) is 9.59 Å². The average Bonchev–Trinajstić information content (AvgIpc) is 2.77. The lowest BCUT2D eigenvalue weighted by molar-refractivity contribution is 0.0663. The number of hydrogen-bond acceptors (Lipinski definition) is 2. The molecule has 4 nitrogen and oxygen atoms in total. The predicted octanol–water partition coefficient (Wildman–Crippen LogP) is 4.48. The van der Waals surface area contributed by atoms with E-state index in [-0.39, 0.29) is 11.8 Å². The average molecular weight is 379 g/mol. The van der Waals surface area contributed by atoms with Gasteiger partial charge in [-0.25, -0.2) is 0 Å². The van der Waals surface area contributed by atoms with Crippen LogP contribution in [0.1, 0.15) is 52.8 Å². The summed E-state index contributed by atoms with van der Waals surface area (Å²) in [5.41, 5.74) is 1.52. The van der Waals surface area contributed by atoms with Crippen molar-refractivity contribution in [2.45, 2.75) is 32.1 Å². The van der Waals surface area contributed by atoms with Crippen LogP contribution in [0.2, 0.25) is 0 Å². The van der Waals surface area contributed by atoms with Gasteiger partial charge in [0.2, 0.25) is 0 Å². The molecule has 2 aromatic carbocycles. The second kappa shape index (κ2) is 10.1. The number of hydrogen-bond donors (Lipinski definition) is 0. The molecule has 0 bridgehead atoms. The van der Waals surface area contributed by atoms with Gasteiger partial charge in [-0.15, -0.1) is 0 Å². The Hall–Kier alpha value is -2.62. The van der Waals surface area contributed by atoms with E-state index in [2.05, 4.69) is 0 Å². The maximum atomic E-state index is 12.7. The Balaban J connectivity index is 1.40. The van der Waals surface area contributed by atoms with Crippen molar-refractivity contribution in [2.75, 3.05) is 26.7 Å². The second-order valence-electron chi connectivity index (χ2n) is 7.71. The lowest BCUT2D eigenvalue weighted by Crippen LogP contribution is -2.40. The van der Waals surface area contributed by atoms with Crippen LogP contribution in [0.15, 0.2) is 60.7 Å². The van der Waals surface area contributed by atoms with E-state index in [1.165, 1.54) is 6.42 Å². The summed E-state index contributed by atoms with van der Waals surface area (Å²) in [6, 6.07) is 19.0. The van der Waals surface area contributed by atoms with Crippen LogP contribution in [0.4, 0.5) is 0 Å². The Morgan fingerprint density at radius 1 is 0.964 bits per heavy atom. The zero-order chi connectivity index (χ0) is 19.8. The van der Waals surface area contributed by atoms with Gasteiger partial charge in [0, 0.05) is 37.8 Å². The van der Waals surface area contributed by atoms with Gasteiger partial charge in [0.25, 0.3) is 11.8 Å². The molecular weight excluding hydrogens is 348 g/mol. The van der Waals surface area contributed by atoms with Gasteiger partial charge in [-0.2, -0.15) is 0 Å². The lowest BCUT2D eigenvalue weighted by atomic mass is 9.92. The Bertz CT molecular complexity index is 761. The van der Waals surface area contributed by atoms with E-state index < -0.39 is 0 Å². The monoisotopic (exact) mass is 378 g/mol. The molecule has 0 spiro atoms. The van der Waals surface area contributed by atoms with Crippen LogP contribution in [-0.4, -0.2) is 48.3 Å². The van der Waals surface area contributed by atoms with Crippen LogP contribution in [0, 0.1) is 5.92 Å². The number of likely N-dealkylation sites (tertiary alicyclic amines) is 1. The molecule has 1 unspecified atom stereocenters. The van der Waals surface area contributed by atoms with Crippen LogP contribution in [-0.2, 0) is 0 Å². The highest BCUT2D eigenvalue weighted by Gasteiger charge is 2.24. The molecule has 1 aliphatic heterocycles. The molecule has 148 valence electrons. The summed E-state index contributed by atoms with van der Waals surface area (Å²) in [6.45, 7) is 2.48. The van der Waals surface area contributed by atoms with Gasteiger partial charge in [0.15, 0.2) is 0 Å². The molecule has 1 heterocycles. The van der Waals surface area contributed by atoms with Gasteiger partial charge in [-0.1, -0.05) is 42.8 Å². The SMILES string of the molecule is CN(CCCCC1CCCN(C(=O)c2ccccc2)C1)C(=O)c1ccccc1. The topological polar surface area (TPSA) is 40.6 Å². The van der Waals surface area contributed by atoms with Crippen LogP contribution >= 0.6 is 0 Å². The molecule has 0 radical (unpaired) electrons. The van der Waals surface area contributed by atoms with Crippen LogP contribution in [0.25, 0.3) is 0 Å². The van der Waals surface area contributed by atoms with Gasteiger partial charge in [-0.05, 0) is 55.9 Å². The van der Waals surface area contributed by atoms with E-state index in [1.807, 2.05) is 72.6 Å². The minimum atomic E-state index is 0.0814. The maximum absolute atomic E-state index is 12.7. The number of carbonyl (C=O) groups is 2. The number of amides is 2. The molecule has 0 N–H and O–H groups in total. The zero-order valence-electron chi connectivity index (χ0n) is 16.7. The van der Waals surface area contributed by atoms with Crippen molar-refractivity contribution in [3.63, 3.8) is 0 Å². The fourth-order valence-corrected chi connectivity index (χ4v) is 3.93. The molecule has 3 rings (SSSR count). The summed E-state index contributed by atoms with van der Waals surface area (Å²) in [6.07, 6.45) is 5.47. The number of carbonyl (C=O) groups excluding carboxylic acids is 2. The molecule has 0 aliphatic carbocycles. The fraction of sp³-hybridized carbons (Fsp3) is 0.417. The highest BCUT2D eigenvalue weighted by atomic mass is 16.2. The summed E-state index contributed by atoms with van der Waals surface area (Å²) < 4.78 is 0. The number of unbranched alkanes of at least 4 members (excludes halogenated alkanes) is 1. The summed E-state index contributed by atoms with van der Waals surface area (Å²) in [5, 5.41) is 0. The number of benzene rings is 2. The molecular formula is C24H30N2O2. The van der Waals surface area contributed by atoms with Crippen molar-refractivity contribution in [2.24, 2.45) is 5.92 Å². The third-order valence-electron chi connectivity index (χ3n) is 5.55. The predicted molar refractivity (Wildman–Crippen MR) is 112 cm³/mol. The van der Waals surface area contributed by atoms with Crippen molar-refractivity contribution in [1.29, 1.82) is 0 Å². The molecule has 2 aromatic rings. The standard InChI is InChI=1S/C24H30N2O2/c1-25(23(27)21-13-4-2-5-14-21)17-9-8-11-20-12-10-18-26(19-20)24(28)22-15-6-3-7-16-22/h2-7,13-16,20H,8-12,17-19H2,1H3. The van der Waals surface area contributed by atoms with Gasteiger partial charge in [0.05, 0.1) is 0 Å². The van der Waals surface area contributed by atoms with Gasteiger partial charge >= 0.3 is 0 Å². The van der Waals surface area contributed by atoms with E-state index >= 15 is 0 Å². The highest BCUT2D eigenvalue weighted by molar-refractivity contribution is 5.94. The maximum Gasteiger partial charge on any atom is 0.253 e. The van der Waals surface area contributed by atoms with Crippen LogP contribution < -0.4 is 0 Å². The largest absolute Gasteiger partial charge is 0.342 e. The first-order valence-electron chi connectivity index (χ1n) is 10.3. The van der Waals surface area contributed by atoms with E-state index in [0.717, 1.165) is 56.4 Å². The molecule has 0 aromatic heterocycles. The van der Waals surface area contributed by atoms with Crippen LogP contribution in [0.3, 0.4) is 0 Å². The quantitative estimate of drug-likeness (QED) is 0.667. The molecule has 1 saturated heterocycles. The van der Waals surface area contributed by atoms with Crippen molar-refractivity contribution < 1.29 is 9.59 Å². The molecule has 28 heavy (non-hydrogen) atoms. The number of nitrogens with zero attached hydrogens (tertiary/aromatic N) is 2. The Kier molecular flexibility index (Phi) is 7.24. The lowest BCUT2D eigenvalue weighted by Gasteiger charge is -2.33. The van der Waals surface area contributed by atoms with E-state index in [4.69, 9.17) is 0 Å². The summed E-state index contributed by atoms with van der Waals surface area (Å²) in [4.78, 5) is 28.8. The molecule has 1 atom stereocenters. The zero-order valence-corrected chi connectivity index (χ0v) is 16.7. The van der Waals surface area contributed by atoms with Gasteiger partial charge in [0.1, 0.15) is 0 Å². The summed E-state index contributed by atoms with van der Waals surface area (Å²) in [7, 11) is 1.87. The Labute approximate surface area is 168 Å². The van der Waals surface area contributed by atoms with Gasteiger partial charge in [-0.3, -0.25) is 9.59 Å². The third-order valence-corrected chi connectivity index (χ3v) is 5.55. The Morgan fingerprint density at radius 2 is 1.61 bits per heavy atom. The smallest absolute Gasteiger partial charge is 0.253 e. The van der Waals surface area contributed by atoms with E-state index in [0.29, 0.717) is 5.92 Å². The fourth-order valence-electron chi connectivity index (χ4n) is 3.93. The van der Waals surface area contributed by atoms with Crippen molar-refractivity contribution >= 4 is 11.8 Å². The number of piperidine rings is 1. The summed E-state index contributed by atoms with van der Waals surface area (Å²) >= 11 is 0. The van der Waals surface area contributed by atoms with Crippen LogP contribution in [0.5, 0.6) is 0 Å². The van der Waals surface area contributed by atoms with Crippen molar-refractivity contribution in [1.82, 2.24) is 9.80 Å². The van der Waals surface area contributed by atoms with Crippen molar-refractivity contribution in [3.8, 4) is 0 Å². The highest BCUT2D eigenvalue weighted by Crippen LogP contribution is 2.23. The normalized spacial score (nSPS) is 16.6. The van der Waals surface area contributed by atoms with E-state index in [1.54, 1.807) is 4.90 Å². The molecule has 0 saturated carbocycles. The third kappa shape index (κ3) is 5.44. The molecule has 1 fully saturated rings. The molecule has 2 amide bonds. The second-order valence-corrected chi connectivity index (χ2v) is 7.71. The molecule has 4 heteroatoms. The minimum absolute atomic E-state index is 0.0814. The van der Waals surface area contributed by atoms with Gasteiger partial charge < -0.3 is 9.80 Å². The first kappa shape index (κ1) is 20.1. The first-order valence-corrected chi connectivity index (χ1v) is 10.3. The summed E-state index contributed by atoms with van der Waals surface area (Å²) in [5.74, 6) is 0.799.